The van der Waals surface area contributed by atoms with E-state index >= 15 is 0 Å². The second-order valence-electron chi connectivity index (χ2n) is 6.15. The highest BCUT2D eigenvalue weighted by Crippen LogP contribution is 2.27. The van der Waals surface area contributed by atoms with Gasteiger partial charge in [-0.3, -0.25) is 4.79 Å². The molecule has 0 aliphatic heterocycles. The Morgan fingerprint density at radius 1 is 1.04 bits per heavy atom. The van der Waals surface area contributed by atoms with E-state index < -0.39 is 5.63 Å². The average molecular weight is 367 g/mol. The van der Waals surface area contributed by atoms with Crippen LogP contribution in [0.3, 0.4) is 0 Å². The van der Waals surface area contributed by atoms with E-state index in [2.05, 4.69) is 0 Å². The van der Waals surface area contributed by atoms with E-state index in [1.54, 1.807) is 45.5 Å². The van der Waals surface area contributed by atoms with Gasteiger partial charge in [-0.05, 0) is 36.2 Å². The van der Waals surface area contributed by atoms with Gasteiger partial charge in [-0.15, -0.1) is 0 Å². The zero-order valence-electron chi connectivity index (χ0n) is 15.5. The molecular formula is C21H21NO5. The first-order valence-corrected chi connectivity index (χ1v) is 8.52. The molecule has 140 valence electrons. The van der Waals surface area contributed by atoms with Crippen LogP contribution in [0.1, 0.15) is 15.9 Å². The third-order valence-corrected chi connectivity index (χ3v) is 4.40. The van der Waals surface area contributed by atoms with E-state index in [0.717, 1.165) is 5.56 Å². The van der Waals surface area contributed by atoms with E-state index in [-0.39, 0.29) is 11.5 Å². The van der Waals surface area contributed by atoms with Crippen molar-refractivity contribution in [2.45, 2.75) is 6.42 Å². The van der Waals surface area contributed by atoms with Crippen molar-refractivity contribution < 1.29 is 18.7 Å². The predicted molar refractivity (Wildman–Crippen MR) is 103 cm³/mol. The number of rotatable bonds is 6. The summed E-state index contributed by atoms with van der Waals surface area (Å²) in [5.41, 5.74) is 0.866. The molecule has 6 nitrogen and oxygen atoms in total. The van der Waals surface area contributed by atoms with E-state index in [4.69, 9.17) is 13.9 Å². The largest absolute Gasteiger partial charge is 0.493 e. The highest BCUT2D eigenvalue weighted by Gasteiger charge is 2.18. The van der Waals surface area contributed by atoms with Gasteiger partial charge in [-0.2, -0.15) is 0 Å². The van der Waals surface area contributed by atoms with Crippen LogP contribution in [0.4, 0.5) is 0 Å². The molecule has 0 saturated carbocycles. The molecule has 3 aromatic rings. The lowest BCUT2D eigenvalue weighted by atomic mass is 10.1. The fourth-order valence-electron chi connectivity index (χ4n) is 2.85. The Morgan fingerprint density at radius 3 is 2.52 bits per heavy atom. The van der Waals surface area contributed by atoms with Gasteiger partial charge in [0.25, 0.3) is 5.91 Å². The Morgan fingerprint density at radius 2 is 1.78 bits per heavy atom. The lowest BCUT2D eigenvalue weighted by molar-refractivity contribution is 0.0792. The molecule has 0 aliphatic carbocycles. The van der Waals surface area contributed by atoms with Gasteiger partial charge in [-0.25, -0.2) is 4.79 Å². The third-order valence-electron chi connectivity index (χ3n) is 4.40. The van der Waals surface area contributed by atoms with Gasteiger partial charge in [0, 0.05) is 19.0 Å². The lowest BCUT2D eigenvalue weighted by Gasteiger charge is -2.17. The molecule has 0 bridgehead atoms. The Labute approximate surface area is 156 Å². The smallest absolute Gasteiger partial charge is 0.349 e. The van der Waals surface area contributed by atoms with E-state index in [0.29, 0.717) is 35.4 Å². The van der Waals surface area contributed by atoms with E-state index in [9.17, 15) is 9.59 Å². The molecule has 0 atom stereocenters. The zero-order chi connectivity index (χ0) is 19.4. The molecular weight excluding hydrogens is 346 g/mol. The summed E-state index contributed by atoms with van der Waals surface area (Å²) in [5, 5.41) is 0.716. The predicted octanol–water partition coefficient (Wildman–Crippen LogP) is 3.12. The number of ether oxygens (including phenoxy) is 2. The van der Waals surface area contributed by atoms with E-state index in [1.165, 1.54) is 4.90 Å². The molecule has 1 amide bonds. The number of carbonyl (C=O) groups is 1. The number of benzene rings is 2. The van der Waals surface area contributed by atoms with Crippen LogP contribution >= 0.6 is 0 Å². The number of amides is 1. The molecule has 0 fully saturated rings. The molecule has 0 saturated heterocycles. The second-order valence-corrected chi connectivity index (χ2v) is 6.15. The van der Waals surface area contributed by atoms with Crippen LogP contribution in [0, 0.1) is 0 Å². The minimum atomic E-state index is -0.628. The fraction of sp³-hybridized carbons (Fsp3) is 0.238. The minimum Gasteiger partial charge on any atom is -0.493 e. The molecule has 27 heavy (non-hydrogen) atoms. The van der Waals surface area contributed by atoms with Crippen LogP contribution in [-0.2, 0) is 6.42 Å². The normalized spacial score (nSPS) is 10.6. The second kappa shape index (κ2) is 7.95. The molecule has 0 spiro atoms. The quantitative estimate of drug-likeness (QED) is 0.626. The van der Waals surface area contributed by atoms with Crippen molar-refractivity contribution in [3.05, 3.63) is 70.1 Å². The van der Waals surface area contributed by atoms with Crippen molar-refractivity contribution in [2.24, 2.45) is 0 Å². The number of hydrogen-bond donors (Lipinski definition) is 0. The first-order chi connectivity index (χ1) is 13.0. The topological polar surface area (TPSA) is 69.0 Å². The van der Waals surface area contributed by atoms with Crippen molar-refractivity contribution in [1.29, 1.82) is 0 Å². The van der Waals surface area contributed by atoms with Gasteiger partial charge in [0.2, 0.25) is 0 Å². The summed E-state index contributed by atoms with van der Waals surface area (Å²) in [6, 6.07) is 14.3. The summed E-state index contributed by atoms with van der Waals surface area (Å²) in [5.74, 6) is 0.925. The highest BCUT2D eigenvalue weighted by atomic mass is 16.5. The summed E-state index contributed by atoms with van der Waals surface area (Å²) >= 11 is 0. The van der Waals surface area contributed by atoms with Crippen LogP contribution in [-0.4, -0.2) is 38.6 Å². The lowest BCUT2D eigenvalue weighted by Crippen LogP contribution is -2.32. The Kier molecular flexibility index (Phi) is 5.45. The van der Waals surface area contributed by atoms with Crippen molar-refractivity contribution in [1.82, 2.24) is 4.90 Å². The zero-order valence-corrected chi connectivity index (χ0v) is 15.5. The Bertz CT molecular complexity index is 1020. The first-order valence-electron chi connectivity index (χ1n) is 8.52. The van der Waals surface area contributed by atoms with Crippen LogP contribution in [0.25, 0.3) is 11.0 Å². The molecule has 0 aliphatic rings. The summed E-state index contributed by atoms with van der Waals surface area (Å²) in [7, 11) is 4.83. The Balaban J connectivity index is 1.75. The number of likely N-dealkylation sites (N-methyl/N-ethyl adjacent to an activating group) is 1. The van der Waals surface area contributed by atoms with Crippen LogP contribution in [0.15, 0.2) is 57.7 Å². The monoisotopic (exact) mass is 367 g/mol. The number of fused-ring (bicyclic) bond motifs is 1. The molecule has 0 unspecified atom stereocenters. The Hall–Kier alpha value is -3.28. The van der Waals surface area contributed by atoms with Gasteiger partial charge in [0.1, 0.15) is 11.1 Å². The SMILES string of the molecule is COc1ccc(CCN(C)C(=O)c2cc3ccccc3oc2=O)cc1OC. The summed E-state index contributed by atoms with van der Waals surface area (Å²) in [6.45, 7) is 0.445. The standard InChI is InChI=1S/C21H21NO5/c1-22(11-10-14-8-9-18(25-2)19(12-14)26-3)20(23)16-13-15-6-4-5-7-17(15)27-21(16)24/h4-9,12-13H,10-11H2,1-3H3. The van der Waals surface area contributed by atoms with Gasteiger partial charge in [0.05, 0.1) is 14.2 Å². The molecule has 0 radical (unpaired) electrons. The van der Waals surface area contributed by atoms with Gasteiger partial charge in [0.15, 0.2) is 11.5 Å². The minimum absolute atomic E-state index is 0.0310. The number of nitrogens with zero attached hydrogens (tertiary/aromatic N) is 1. The summed E-state index contributed by atoms with van der Waals surface area (Å²) in [6.07, 6.45) is 0.613. The fourth-order valence-corrected chi connectivity index (χ4v) is 2.85. The van der Waals surface area contributed by atoms with Crippen molar-refractivity contribution in [3.63, 3.8) is 0 Å². The molecule has 1 heterocycles. The maximum atomic E-state index is 12.7. The van der Waals surface area contributed by atoms with Crippen molar-refractivity contribution >= 4 is 16.9 Å². The molecule has 6 heteroatoms. The number of para-hydroxylation sites is 1. The van der Waals surface area contributed by atoms with Gasteiger partial charge in [-0.1, -0.05) is 24.3 Å². The van der Waals surface area contributed by atoms with Crippen LogP contribution in [0.2, 0.25) is 0 Å². The van der Waals surface area contributed by atoms with Crippen molar-refractivity contribution in [3.8, 4) is 11.5 Å². The number of hydrogen-bond acceptors (Lipinski definition) is 5. The van der Waals surface area contributed by atoms with Crippen molar-refractivity contribution in [2.75, 3.05) is 27.8 Å². The van der Waals surface area contributed by atoms with Crippen LogP contribution in [0.5, 0.6) is 11.5 Å². The number of methoxy groups -OCH3 is 2. The van der Waals surface area contributed by atoms with Gasteiger partial charge >= 0.3 is 5.63 Å². The maximum absolute atomic E-state index is 12.7. The number of carbonyl (C=O) groups excluding carboxylic acids is 1. The summed E-state index contributed by atoms with van der Waals surface area (Å²) in [4.78, 5) is 26.3. The maximum Gasteiger partial charge on any atom is 0.349 e. The van der Waals surface area contributed by atoms with Crippen LogP contribution < -0.4 is 15.1 Å². The average Bonchev–Trinajstić information content (AvgIpc) is 2.70. The highest BCUT2D eigenvalue weighted by molar-refractivity contribution is 5.96. The van der Waals surface area contributed by atoms with E-state index in [1.807, 2.05) is 24.3 Å². The molecule has 3 rings (SSSR count). The van der Waals surface area contributed by atoms with Gasteiger partial charge < -0.3 is 18.8 Å². The third kappa shape index (κ3) is 3.95. The summed E-state index contributed by atoms with van der Waals surface area (Å²) < 4.78 is 15.8. The molecule has 2 aromatic carbocycles. The molecule has 1 aromatic heterocycles. The first kappa shape index (κ1) is 18.5. The molecule has 0 N–H and O–H groups in total.